The number of ether oxygens (including phenoxy) is 2. The molecule has 170 valence electrons. The van der Waals surface area contributed by atoms with E-state index in [0.717, 1.165) is 44.1 Å². The van der Waals surface area contributed by atoms with Gasteiger partial charge in [-0.15, -0.1) is 0 Å². The maximum Gasteiger partial charge on any atom is 0.256 e. The van der Waals surface area contributed by atoms with Gasteiger partial charge in [0, 0.05) is 32.4 Å². The smallest absolute Gasteiger partial charge is 0.256 e. The Balaban J connectivity index is 1.37. The number of pyridine rings is 1. The van der Waals surface area contributed by atoms with Gasteiger partial charge in [0.15, 0.2) is 0 Å². The molecule has 0 spiro atoms. The van der Waals surface area contributed by atoms with E-state index in [-0.39, 0.29) is 18.1 Å². The van der Waals surface area contributed by atoms with Crippen LogP contribution in [-0.4, -0.2) is 85.9 Å². The molecule has 2 atom stereocenters. The van der Waals surface area contributed by atoms with Gasteiger partial charge in [-0.1, -0.05) is 30.3 Å². The van der Waals surface area contributed by atoms with Gasteiger partial charge in [-0.25, -0.2) is 4.98 Å². The van der Waals surface area contributed by atoms with Gasteiger partial charge in [0.1, 0.15) is 5.82 Å². The third kappa shape index (κ3) is 4.65. The minimum Gasteiger partial charge on any atom is -0.378 e. The van der Waals surface area contributed by atoms with Crippen molar-refractivity contribution in [3.8, 4) is 0 Å². The van der Waals surface area contributed by atoms with E-state index in [1.54, 1.807) is 6.20 Å². The molecule has 7 nitrogen and oxygen atoms in total. The van der Waals surface area contributed by atoms with Crippen molar-refractivity contribution in [1.29, 1.82) is 0 Å². The van der Waals surface area contributed by atoms with Crippen molar-refractivity contribution in [3.63, 3.8) is 0 Å². The predicted molar refractivity (Wildman–Crippen MR) is 123 cm³/mol. The van der Waals surface area contributed by atoms with E-state index in [0.29, 0.717) is 31.9 Å². The SMILES string of the molecule is O=C(c1ccc(N2CCOCC2)nc1)N1CCO[C@@H](CN2CCCC2)[C@@H]1c1ccccc1. The summed E-state index contributed by atoms with van der Waals surface area (Å²) in [6, 6.07) is 14.1. The maximum atomic E-state index is 13.6. The lowest BCUT2D eigenvalue weighted by molar-refractivity contribution is -0.0707. The Kier molecular flexibility index (Phi) is 6.67. The summed E-state index contributed by atoms with van der Waals surface area (Å²) in [4.78, 5) is 24.9. The number of benzene rings is 1. The largest absolute Gasteiger partial charge is 0.378 e. The number of hydrogen-bond donors (Lipinski definition) is 0. The zero-order valence-electron chi connectivity index (χ0n) is 18.6. The third-order valence-electron chi connectivity index (χ3n) is 6.72. The second-order valence-corrected chi connectivity index (χ2v) is 8.78. The Morgan fingerprint density at radius 1 is 0.938 bits per heavy atom. The van der Waals surface area contributed by atoms with Crippen LogP contribution in [0.4, 0.5) is 5.82 Å². The molecule has 0 N–H and O–H groups in total. The van der Waals surface area contributed by atoms with Gasteiger partial charge in [0.25, 0.3) is 5.91 Å². The lowest BCUT2D eigenvalue weighted by Crippen LogP contribution is -2.51. The molecule has 32 heavy (non-hydrogen) atoms. The molecule has 0 radical (unpaired) electrons. The molecule has 3 aliphatic heterocycles. The van der Waals surface area contributed by atoms with Gasteiger partial charge < -0.3 is 24.2 Å². The Hall–Kier alpha value is -2.48. The van der Waals surface area contributed by atoms with Crippen molar-refractivity contribution in [3.05, 3.63) is 59.8 Å². The minimum atomic E-state index is -0.100. The molecular formula is C25H32N4O3. The minimum absolute atomic E-state index is 0.0228. The fraction of sp³-hybridized carbons (Fsp3) is 0.520. The molecular weight excluding hydrogens is 404 g/mol. The zero-order chi connectivity index (χ0) is 21.8. The number of hydrogen-bond acceptors (Lipinski definition) is 6. The van der Waals surface area contributed by atoms with Crippen LogP contribution < -0.4 is 4.90 Å². The molecule has 3 fully saturated rings. The summed E-state index contributed by atoms with van der Waals surface area (Å²) >= 11 is 0. The molecule has 4 heterocycles. The van der Waals surface area contributed by atoms with Gasteiger partial charge in [0.2, 0.25) is 0 Å². The Morgan fingerprint density at radius 2 is 1.72 bits per heavy atom. The number of morpholine rings is 2. The molecule has 1 amide bonds. The van der Waals surface area contributed by atoms with Crippen LogP contribution in [0.5, 0.6) is 0 Å². The number of amides is 1. The molecule has 1 aromatic heterocycles. The van der Waals surface area contributed by atoms with Crippen LogP contribution in [0, 0.1) is 0 Å². The van der Waals surface area contributed by atoms with Crippen LogP contribution in [0.3, 0.4) is 0 Å². The standard InChI is InChI=1S/C25H32N4O3/c30-25(21-8-9-23(26-18-21)28-12-15-31-16-13-28)29-14-17-32-22(19-27-10-4-5-11-27)24(29)20-6-2-1-3-7-20/h1-3,6-9,18,22,24H,4-5,10-17,19H2/t22-,24-/m0/s1. The highest BCUT2D eigenvalue weighted by Gasteiger charge is 2.38. The summed E-state index contributed by atoms with van der Waals surface area (Å²) < 4.78 is 11.7. The molecule has 3 saturated heterocycles. The highest BCUT2D eigenvalue weighted by molar-refractivity contribution is 5.94. The van der Waals surface area contributed by atoms with Crippen molar-refractivity contribution in [2.45, 2.75) is 25.0 Å². The number of nitrogens with zero attached hydrogens (tertiary/aromatic N) is 4. The summed E-state index contributed by atoms with van der Waals surface area (Å²) in [6.07, 6.45) is 4.17. The summed E-state index contributed by atoms with van der Waals surface area (Å²) in [5, 5.41) is 0. The number of carbonyl (C=O) groups excluding carboxylic acids is 1. The van der Waals surface area contributed by atoms with Crippen molar-refractivity contribution in [1.82, 2.24) is 14.8 Å². The molecule has 5 rings (SSSR count). The first-order valence-corrected chi connectivity index (χ1v) is 11.8. The lowest BCUT2D eigenvalue weighted by atomic mass is 9.96. The molecule has 0 bridgehead atoms. The number of aromatic nitrogens is 1. The van der Waals surface area contributed by atoms with E-state index < -0.39 is 0 Å². The monoisotopic (exact) mass is 436 g/mol. The first-order chi connectivity index (χ1) is 15.8. The van der Waals surface area contributed by atoms with Crippen LogP contribution >= 0.6 is 0 Å². The summed E-state index contributed by atoms with van der Waals surface area (Å²) in [5.41, 5.74) is 1.76. The Labute approximate surface area is 189 Å². The number of carbonyl (C=O) groups is 1. The van der Waals surface area contributed by atoms with Crippen LogP contribution in [0.15, 0.2) is 48.7 Å². The average molecular weight is 437 g/mol. The van der Waals surface area contributed by atoms with Crippen LogP contribution in [0.25, 0.3) is 0 Å². The maximum absolute atomic E-state index is 13.6. The van der Waals surface area contributed by atoms with Gasteiger partial charge in [-0.05, 0) is 43.6 Å². The average Bonchev–Trinajstić information content (AvgIpc) is 3.38. The second-order valence-electron chi connectivity index (χ2n) is 8.78. The summed E-state index contributed by atoms with van der Waals surface area (Å²) in [5.74, 6) is 0.924. The zero-order valence-corrected chi connectivity index (χ0v) is 18.6. The molecule has 1 aromatic carbocycles. The molecule has 0 aliphatic carbocycles. The summed E-state index contributed by atoms with van der Waals surface area (Å²) in [7, 11) is 0. The number of likely N-dealkylation sites (tertiary alicyclic amines) is 1. The van der Waals surface area contributed by atoms with Crippen molar-refractivity contribution in [2.24, 2.45) is 0 Å². The second kappa shape index (κ2) is 9.98. The van der Waals surface area contributed by atoms with Crippen molar-refractivity contribution in [2.75, 3.05) is 64.0 Å². The first-order valence-electron chi connectivity index (χ1n) is 11.8. The fourth-order valence-corrected chi connectivity index (χ4v) is 5.04. The van der Waals surface area contributed by atoms with Gasteiger partial charge in [0.05, 0.1) is 37.5 Å². The Morgan fingerprint density at radius 3 is 2.44 bits per heavy atom. The van der Waals surface area contributed by atoms with E-state index in [1.807, 2.05) is 35.2 Å². The first kappa shape index (κ1) is 21.4. The van der Waals surface area contributed by atoms with Crippen LogP contribution in [0.2, 0.25) is 0 Å². The van der Waals surface area contributed by atoms with Crippen molar-refractivity contribution < 1.29 is 14.3 Å². The van der Waals surface area contributed by atoms with E-state index in [2.05, 4.69) is 26.9 Å². The predicted octanol–water partition coefficient (Wildman–Crippen LogP) is 2.60. The van der Waals surface area contributed by atoms with Crippen molar-refractivity contribution >= 4 is 11.7 Å². The number of anilines is 1. The highest BCUT2D eigenvalue weighted by atomic mass is 16.5. The number of rotatable bonds is 5. The van der Waals surface area contributed by atoms with Gasteiger partial charge in [-0.2, -0.15) is 0 Å². The lowest BCUT2D eigenvalue weighted by Gasteiger charge is -2.42. The van der Waals surface area contributed by atoms with E-state index in [4.69, 9.17) is 9.47 Å². The van der Waals surface area contributed by atoms with Crippen LogP contribution in [0.1, 0.15) is 34.8 Å². The van der Waals surface area contributed by atoms with Gasteiger partial charge >= 0.3 is 0 Å². The van der Waals surface area contributed by atoms with E-state index in [1.165, 1.54) is 12.8 Å². The molecule has 0 unspecified atom stereocenters. The van der Waals surface area contributed by atoms with Crippen LogP contribution in [-0.2, 0) is 9.47 Å². The topological polar surface area (TPSA) is 58.1 Å². The fourth-order valence-electron chi connectivity index (χ4n) is 5.04. The quantitative estimate of drug-likeness (QED) is 0.718. The third-order valence-corrected chi connectivity index (χ3v) is 6.72. The normalized spacial score (nSPS) is 24.6. The summed E-state index contributed by atoms with van der Waals surface area (Å²) in [6.45, 7) is 7.33. The molecule has 2 aromatic rings. The van der Waals surface area contributed by atoms with Gasteiger partial charge in [-0.3, -0.25) is 4.79 Å². The van der Waals surface area contributed by atoms with E-state index in [9.17, 15) is 4.79 Å². The highest BCUT2D eigenvalue weighted by Crippen LogP contribution is 2.32. The molecule has 0 saturated carbocycles. The molecule has 7 heteroatoms. The van der Waals surface area contributed by atoms with E-state index >= 15 is 0 Å². The Bertz CT molecular complexity index is 880. The molecule has 3 aliphatic rings.